The quantitative estimate of drug-likeness (QED) is 0.632. The summed E-state index contributed by atoms with van der Waals surface area (Å²) in [6.07, 6.45) is 2.56. The molecule has 0 aromatic heterocycles. The monoisotopic (exact) mass is 232 g/mol. The molecule has 0 radical (unpaired) electrons. The van der Waals surface area contributed by atoms with Crippen molar-refractivity contribution in [2.24, 2.45) is 10.8 Å². The van der Waals surface area contributed by atoms with Gasteiger partial charge in [0.2, 0.25) is 0 Å². The molecule has 0 N–H and O–H groups in total. The highest BCUT2D eigenvalue weighted by molar-refractivity contribution is 5.21. The SMILES string of the molecule is CC(C)(C)CCC(c1ccccc1)C(C)(C)C. The van der Waals surface area contributed by atoms with E-state index in [0.717, 1.165) is 0 Å². The minimum atomic E-state index is 0.340. The first-order valence-electron chi connectivity index (χ1n) is 6.75. The van der Waals surface area contributed by atoms with E-state index in [1.54, 1.807) is 0 Å². The second kappa shape index (κ2) is 5.25. The highest BCUT2D eigenvalue weighted by Gasteiger charge is 2.27. The highest BCUT2D eigenvalue weighted by atomic mass is 14.3. The molecule has 0 heteroatoms. The van der Waals surface area contributed by atoms with Gasteiger partial charge in [-0.3, -0.25) is 0 Å². The van der Waals surface area contributed by atoms with Crippen molar-refractivity contribution in [3.05, 3.63) is 35.9 Å². The van der Waals surface area contributed by atoms with Gasteiger partial charge in [-0.1, -0.05) is 71.9 Å². The van der Waals surface area contributed by atoms with E-state index in [9.17, 15) is 0 Å². The first kappa shape index (κ1) is 14.3. The molecule has 0 amide bonds. The molecular formula is C17H28. The predicted molar refractivity (Wildman–Crippen MR) is 77.3 cm³/mol. The minimum absolute atomic E-state index is 0.340. The Morgan fingerprint density at radius 3 is 1.82 bits per heavy atom. The third-order valence-electron chi connectivity index (χ3n) is 3.43. The molecule has 0 aliphatic carbocycles. The third kappa shape index (κ3) is 4.93. The van der Waals surface area contributed by atoms with Crippen LogP contribution in [0.2, 0.25) is 0 Å². The lowest BCUT2D eigenvalue weighted by Gasteiger charge is -2.33. The fraction of sp³-hybridized carbons (Fsp3) is 0.647. The Kier molecular flexibility index (Phi) is 4.41. The molecular weight excluding hydrogens is 204 g/mol. The first-order valence-corrected chi connectivity index (χ1v) is 6.75. The first-order chi connectivity index (χ1) is 7.70. The van der Waals surface area contributed by atoms with E-state index in [2.05, 4.69) is 71.9 Å². The van der Waals surface area contributed by atoms with Crippen molar-refractivity contribution in [1.29, 1.82) is 0 Å². The molecule has 96 valence electrons. The van der Waals surface area contributed by atoms with E-state index in [4.69, 9.17) is 0 Å². The molecule has 17 heavy (non-hydrogen) atoms. The summed E-state index contributed by atoms with van der Waals surface area (Å²) in [6.45, 7) is 14.1. The molecule has 0 saturated carbocycles. The summed E-state index contributed by atoms with van der Waals surface area (Å²) in [5.74, 6) is 0.655. The summed E-state index contributed by atoms with van der Waals surface area (Å²) in [5.41, 5.74) is 2.26. The van der Waals surface area contributed by atoms with E-state index < -0.39 is 0 Å². The van der Waals surface area contributed by atoms with Gasteiger partial charge in [-0.15, -0.1) is 0 Å². The van der Waals surface area contributed by atoms with Crippen molar-refractivity contribution < 1.29 is 0 Å². The summed E-state index contributed by atoms with van der Waals surface area (Å²) in [7, 11) is 0. The smallest absolute Gasteiger partial charge is 0.0113 e. The standard InChI is InChI=1S/C17H28/c1-16(2,3)13-12-15(17(4,5)6)14-10-8-7-9-11-14/h7-11,15H,12-13H2,1-6H3. The van der Waals surface area contributed by atoms with Crippen LogP contribution in [0.25, 0.3) is 0 Å². The average Bonchev–Trinajstić information content (AvgIpc) is 2.15. The normalized spacial score (nSPS) is 14.7. The molecule has 1 unspecified atom stereocenters. The Hall–Kier alpha value is -0.780. The van der Waals surface area contributed by atoms with Gasteiger partial charge >= 0.3 is 0 Å². The molecule has 0 fully saturated rings. The third-order valence-corrected chi connectivity index (χ3v) is 3.43. The van der Waals surface area contributed by atoms with Crippen LogP contribution < -0.4 is 0 Å². The number of rotatable bonds is 3. The van der Waals surface area contributed by atoms with Crippen LogP contribution in [0.1, 0.15) is 65.9 Å². The van der Waals surface area contributed by atoms with Gasteiger partial charge in [0.15, 0.2) is 0 Å². The van der Waals surface area contributed by atoms with Gasteiger partial charge in [-0.2, -0.15) is 0 Å². The second-order valence-corrected chi connectivity index (χ2v) is 7.43. The molecule has 0 spiro atoms. The van der Waals surface area contributed by atoms with Crippen LogP contribution in [0.15, 0.2) is 30.3 Å². The Labute approximate surface area is 107 Å². The molecule has 1 rings (SSSR count). The van der Waals surface area contributed by atoms with Crippen molar-refractivity contribution in [3.8, 4) is 0 Å². The van der Waals surface area contributed by atoms with Gasteiger partial charge in [0.05, 0.1) is 0 Å². The van der Waals surface area contributed by atoms with Crippen LogP contribution in [-0.2, 0) is 0 Å². The van der Waals surface area contributed by atoms with Crippen molar-refractivity contribution in [1.82, 2.24) is 0 Å². The van der Waals surface area contributed by atoms with E-state index in [-0.39, 0.29) is 0 Å². The largest absolute Gasteiger partial charge is 0.0622 e. The summed E-state index contributed by atoms with van der Waals surface area (Å²) >= 11 is 0. The lowest BCUT2D eigenvalue weighted by Crippen LogP contribution is -2.20. The van der Waals surface area contributed by atoms with Crippen LogP contribution in [-0.4, -0.2) is 0 Å². The molecule has 0 aliphatic rings. The maximum absolute atomic E-state index is 2.35. The topological polar surface area (TPSA) is 0 Å². The van der Waals surface area contributed by atoms with E-state index in [1.165, 1.54) is 18.4 Å². The summed E-state index contributed by atoms with van der Waals surface area (Å²) in [5, 5.41) is 0. The van der Waals surface area contributed by atoms with Crippen molar-refractivity contribution in [2.45, 2.75) is 60.3 Å². The zero-order valence-corrected chi connectivity index (χ0v) is 12.4. The van der Waals surface area contributed by atoms with Gasteiger partial charge in [0.25, 0.3) is 0 Å². The molecule has 1 aromatic carbocycles. The maximum atomic E-state index is 2.35. The predicted octanol–water partition coefficient (Wildman–Crippen LogP) is 5.64. The van der Waals surface area contributed by atoms with Gasteiger partial charge < -0.3 is 0 Å². The summed E-state index contributed by atoms with van der Waals surface area (Å²) < 4.78 is 0. The maximum Gasteiger partial charge on any atom is -0.0113 e. The zero-order chi connectivity index (χ0) is 13.1. The minimum Gasteiger partial charge on any atom is -0.0622 e. The Bertz CT molecular complexity index is 321. The average molecular weight is 232 g/mol. The fourth-order valence-electron chi connectivity index (χ4n) is 2.36. The highest BCUT2D eigenvalue weighted by Crippen LogP contribution is 2.40. The van der Waals surface area contributed by atoms with E-state index in [1.807, 2.05) is 0 Å². The summed E-state index contributed by atoms with van der Waals surface area (Å²) in [6, 6.07) is 11.0. The summed E-state index contributed by atoms with van der Waals surface area (Å²) in [4.78, 5) is 0. The Morgan fingerprint density at radius 2 is 1.41 bits per heavy atom. The molecule has 0 bridgehead atoms. The molecule has 0 saturated heterocycles. The molecule has 1 aromatic rings. The Balaban J connectivity index is 2.83. The van der Waals surface area contributed by atoms with Crippen LogP contribution in [0.3, 0.4) is 0 Å². The number of benzene rings is 1. The number of hydrogen-bond donors (Lipinski definition) is 0. The zero-order valence-electron chi connectivity index (χ0n) is 12.4. The van der Waals surface area contributed by atoms with Crippen LogP contribution in [0.5, 0.6) is 0 Å². The van der Waals surface area contributed by atoms with Crippen molar-refractivity contribution in [3.63, 3.8) is 0 Å². The van der Waals surface area contributed by atoms with Crippen LogP contribution in [0.4, 0.5) is 0 Å². The van der Waals surface area contributed by atoms with E-state index >= 15 is 0 Å². The fourth-order valence-corrected chi connectivity index (χ4v) is 2.36. The van der Waals surface area contributed by atoms with Crippen LogP contribution >= 0.6 is 0 Å². The van der Waals surface area contributed by atoms with Gasteiger partial charge in [0, 0.05) is 0 Å². The lowest BCUT2D eigenvalue weighted by atomic mass is 9.72. The van der Waals surface area contributed by atoms with Gasteiger partial charge in [0.1, 0.15) is 0 Å². The number of hydrogen-bond acceptors (Lipinski definition) is 0. The van der Waals surface area contributed by atoms with Gasteiger partial charge in [-0.25, -0.2) is 0 Å². The van der Waals surface area contributed by atoms with Crippen molar-refractivity contribution in [2.75, 3.05) is 0 Å². The lowest BCUT2D eigenvalue weighted by molar-refractivity contribution is 0.260. The molecule has 1 atom stereocenters. The van der Waals surface area contributed by atoms with Gasteiger partial charge in [-0.05, 0) is 35.2 Å². The molecule has 0 heterocycles. The second-order valence-electron chi connectivity index (χ2n) is 7.43. The Morgan fingerprint density at radius 1 is 0.882 bits per heavy atom. The van der Waals surface area contributed by atoms with Crippen LogP contribution in [0, 0.1) is 10.8 Å². The molecule has 0 nitrogen and oxygen atoms in total. The van der Waals surface area contributed by atoms with E-state index in [0.29, 0.717) is 16.7 Å². The van der Waals surface area contributed by atoms with Crippen molar-refractivity contribution >= 4 is 0 Å². The molecule has 0 aliphatic heterocycles.